The first-order valence-electron chi connectivity index (χ1n) is 11.4. The van der Waals surface area contributed by atoms with Crippen LogP contribution in [-0.4, -0.2) is 44.1 Å². The molecule has 0 radical (unpaired) electrons. The molecular weight excluding hydrogens is 414 g/mol. The van der Waals surface area contributed by atoms with Crippen LogP contribution < -0.4 is 10.4 Å². The van der Waals surface area contributed by atoms with Gasteiger partial charge >= 0.3 is 6.09 Å². The van der Waals surface area contributed by atoms with Crippen LogP contribution >= 0.6 is 0 Å². The van der Waals surface area contributed by atoms with Crippen LogP contribution in [0.15, 0.2) is 72.8 Å². The summed E-state index contributed by atoms with van der Waals surface area (Å²) >= 11 is 0. The predicted octanol–water partition coefficient (Wildman–Crippen LogP) is 5.13. The highest BCUT2D eigenvalue weighted by Gasteiger charge is 2.52. The van der Waals surface area contributed by atoms with E-state index in [1.54, 1.807) is 4.90 Å². The molecule has 1 aliphatic heterocycles. The van der Waals surface area contributed by atoms with Crippen molar-refractivity contribution in [1.82, 2.24) is 4.90 Å². The van der Waals surface area contributed by atoms with Gasteiger partial charge in [-0.2, -0.15) is 0 Å². The summed E-state index contributed by atoms with van der Waals surface area (Å²) in [5.74, 6) is 0. The van der Waals surface area contributed by atoms with Crippen LogP contribution in [0.2, 0.25) is 5.04 Å². The molecule has 0 unspecified atom stereocenters. The molecule has 0 saturated carbocycles. The monoisotopic (exact) mass is 451 g/mol. The molecule has 1 saturated heterocycles. The van der Waals surface area contributed by atoms with Gasteiger partial charge in [-0.25, -0.2) is 4.79 Å². The van der Waals surface area contributed by atoms with Crippen molar-refractivity contribution in [3.63, 3.8) is 0 Å². The molecule has 2 aromatic rings. The Morgan fingerprint density at radius 3 is 1.88 bits per heavy atom. The molecule has 0 aliphatic carbocycles. The third-order valence-corrected chi connectivity index (χ3v) is 10.9. The number of rotatable bonds is 4. The van der Waals surface area contributed by atoms with Crippen LogP contribution in [0.5, 0.6) is 0 Å². The summed E-state index contributed by atoms with van der Waals surface area (Å²) in [4.78, 5) is 14.6. The average Bonchev–Trinajstić information content (AvgIpc) is 2.71. The van der Waals surface area contributed by atoms with Crippen LogP contribution in [0.25, 0.3) is 0 Å². The number of amides is 1. The molecular formula is C27H37NO3Si. The van der Waals surface area contributed by atoms with Crippen molar-refractivity contribution >= 4 is 24.8 Å². The van der Waals surface area contributed by atoms with Gasteiger partial charge in [-0.1, -0.05) is 93.6 Å². The fourth-order valence-corrected chi connectivity index (χ4v) is 9.19. The number of nitrogens with zero attached hydrogens (tertiary/aromatic N) is 1. The van der Waals surface area contributed by atoms with Gasteiger partial charge in [-0.3, -0.25) is 0 Å². The quantitative estimate of drug-likeness (QED) is 0.478. The molecule has 1 atom stereocenters. The maximum absolute atomic E-state index is 12.8. The SMILES string of the molecule is C=C1C[C@@H](O[Si](c2ccccc2)(c2ccccc2)C(C)(C)C)CN(C(=O)OC(C)(C)C)C1. The Hall–Kier alpha value is -2.37. The molecule has 5 heteroatoms. The number of hydrogen-bond donors (Lipinski definition) is 0. The number of likely N-dealkylation sites (tertiary alicyclic amines) is 1. The highest BCUT2D eigenvalue weighted by Crippen LogP contribution is 2.38. The van der Waals surface area contributed by atoms with Crippen molar-refractivity contribution < 1.29 is 14.0 Å². The van der Waals surface area contributed by atoms with Gasteiger partial charge in [0.2, 0.25) is 0 Å². The van der Waals surface area contributed by atoms with Gasteiger partial charge in [0.15, 0.2) is 0 Å². The summed E-state index contributed by atoms with van der Waals surface area (Å²) < 4.78 is 12.9. The Bertz CT molecular complexity index is 889. The summed E-state index contributed by atoms with van der Waals surface area (Å²) in [5.41, 5.74) is 0.453. The van der Waals surface area contributed by atoms with E-state index >= 15 is 0 Å². The molecule has 0 bridgehead atoms. The smallest absolute Gasteiger partial charge is 0.410 e. The van der Waals surface area contributed by atoms with Crippen molar-refractivity contribution in [2.24, 2.45) is 0 Å². The first-order valence-corrected chi connectivity index (χ1v) is 13.3. The van der Waals surface area contributed by atoms with E-state index in [0.29, 0.717) is 13.1 Å². The van der Waals surface area contributed by atoms with E-state index < -0.39 is 13.9 Å². The third-order valence-electron chi connectivity index (χ3n) is 5.77. The van der Waals surface area contributed by atoms with E-state index in [9.17, 15) is 4.79 Å². The number of piperidine rings is 1. The first kappa shape index (κ1) is 24.3. The zero-order valence-electron chi connectivity index (χ0n) is 20.4. The van der Waals surface area contributed by atoms with Gasteiger partial charge in [0.05, 0.1) is 6.10 Å². The minimum absolute atomic E-state index is 0.120. The van der Waals surface area contributed by atoms with Gasteiger partial charge < -0.3 is 14.1 Å². The van der Waals surface area contributed by atoms with E-state index in [1.165, 1.54) is 10.4 Å². The van der Waals surface area contributed by atoms with Crippen LogP contribution in [-0.2, 0) is 9.16 Å². The summed E-state index contributed by atoms with van der Waals surface area (Å²) in [5, 5.41) is 2.35. The Kier molecular flexibility index (Phi) is 7.01. The maximum Gasteiger partial charge on any atom is 0.410 e. The van der Waals surface area contributed by atoms with Crippen LogP contribution in [0.4, 0.5) is 4.79 Å². The van der Waals surface area contributed by atoms with E-state index in [1.807, 2.05) is 32.9 Å². The van der Waals surface area contributed by atoms with Crippen molar-refractivity contribution in [1.29, 1.82) is 0 Å². The lowest BCUT2D eigenvalue weighted by molar-refractivity contribution is 0.0130. The standard InChI is InChI=1S/C27H37NO3Si/c1-21-18-22(20-28(19-21)25(29)30-26(2,3)4)31-32(27(5,6)7,23-14-10-8-11-15-23)24-16-12-9-13-17-24/h8-17,22H,1,18-20H2,2-7H3/t22-/m1/s1. The van der Waals surface area contributed by atoms with Crippen molar-refractivity contribution in [2.45, 2.75) is 64.7 Å². The number of carbonyl (C=O) groups excluding carboxylic acids is 1. The van der Waals surface area contributed by atoms with E-state index in [2.05, 4.69) is 75.9 Å². The maximum atomic E-state index is 12.8. The lowest BCUT2D eigenvalue weighted by Crippen LogP contribution is -2.68. The Labute approximate surface area is 194 Å². The molecule has 0 aromatic heterocycles. The molecule has 1 heterocycles. The lowest BCUT2D eigenvalue weighted by atomic mass is 10.0. The van der Waals surface area contributed by atoms with Gasteiger partial charge in [-0.15, -0.1) is 0 Å². The summed E-state index contributed by atoms with van der Waals surface area (Å²) in [6.07, 6.45) is 0.286. The van der Waals surface area contributed by atoms with E-state index in [4.69, 9.17) is 9.16 Å². The second-order valence-electron chi connectivity index (χ2n) is 10.7. The Balaban J connectivity index is 2.01. The molecule has 0 spiro atoms. The average molecular weight is 452 g/mol. The third kappa shape index (κ3) is 5.33. The minimum atomic E-state index is -2.70. The molecule has 2 aromatic carbocycles. The number of benzene rings is 2. The number of ether oxygens (including phenoxy) is 1. The Morgan fingerprint density at radius 2 is 1.44 bits per heavy atom. The molecule has 32 heavy (non-hydrogen) atoms. The van der Waals surface area contributed by atoms with Gasteiger partial charge in [0.1, 0.15) is 5.60 Å². The molecule has 0 N–H and O–H groups in total. The zero-order chi connectivity index (χ0) is 23.6. The van der Waals surface area contributed by atoms with Crippen LogP contribution in [0.1, 0.15) is 48.0 Å². The first-order chi connectivity index (χ1) is 14.9. The highest BCUT2D eigenvalue weighted by molar-refractivity contribution is 6.99. The topological polar surface area (TPSA) is 38.8 Å². The summed E-state index contributed by atoms with van der Waals surface area (Å²) in [7, 11) is -2.70. The van der Waals surface area contributed by atoms with Gasteiger partial charge in [0.25, 0.3) is 8.32 Å². The van der Waals surface area contributed by atoms with Crippen LogP contribution in [0, 0.1) is 0 Å². The molecule has 1 amide bonds. The largest absolute Gasteiger partial charge is 0.444 e. The van der Waals surface area contributed by atoms with Gasteiger partial charge in [0, 0.05) is 13.1 Å². The lowest BCUT2D eigenvalue weighted by Gasteiger charge is -2.47. The number of hydrogen-bond acceptors (Lipinski definition) is 3. The second-order valence-corrected chi connectivity index (χ2v) is 15.0. The minimum Gasteiger partial charge on any atom is -0.444 e. The summed E-state index contributed by atoms with van der Waals surface area (Å²) in [6.45, 7) is 17.7. The van der Waals surface area contributed by atoms with Crippen molar-refractivity contribution in [3.05, 3.63) is 72.8 Å². The normalized spacial score (nSPS) is 17.9. The van der Waals surface area contributed by atoms with E-state index in [0.717, 1.165) is 12.0 Å². The molecule has 1 aliphatic rings. The van der Waals surface area contributed by atoms with Gasteiger partial charge in [-0.05, 0) is 42.6 Å². The fourth-order valence-electron chi connectivity index (χ4n) is 4.52. The number of carbonyl (C=O) groups is 1. The van der Waals surface area contributed by atoms with Crippen molar-refractivity contribution in [2.75, 3.05) is 13.1 Å². The van der Waals surface area contributed by atoms with Crippen LogP contribution in [0.3, 0.4) is 0 Å². The van der Waals surface area contributed by atoms with Crippen molar-refractivity contribution in [3.8, 4) is 0 Å². The highest BCUT2D eigenvalue weighted by atomic mass is 28.4. The van der Waals surface area contributed by atoms with E-state index in [-0.39, 0.29) is 17.2 Å². The molecule has 172 valence electrons. The fraction of sp³-hybridized carbons (Fsp3) is 0.444. The molecule has 3 rings (SSSR count). The molecule has 1 fully saturated rings. The molecule has 4 nitrogen and oxygen atoms in total. The zero-order valence-corrected chi connectivity index (χ0v) is 21.4. The summed E-state index contributed by atoms with van der Waals surface area (Å²) in [6, 6.07) is 21.2. The second kappa shape index (κ2) is 9.24. The Morgan fingerprint density at radius 1 is 0.938 bits per heavy atom. The predicted molar refractivity (Wildman–Crippen MR) is 134 cm³/mol.